The van der Waals surface area contributed by atoms with Crippen molar-refractivity contribution < 1.29 is 17.9 Å². The van der Waals surface area contributed by atoms with Crippen molar-refractivity contribution in [2.24, 2.45) is 5.92 Å². The van der Waals surface area contributed by atoms with Crippen molar-refractivity contribution in [1.29, 1.82) is 0 Å². The van der Waals surface area contributed by atoms with E-state index in [1.54, 1.807) is 17.9 Å². The number of carbonyl (C=O) groups is 1. The fourth-order valence-electron chi connectivity index (χ4n) is 3.24. The van der Waals surface area contributed by atoms with Gasteiger partial charge in [-0.2, -0.15) is 0 Å². The highest BCUT2D eigenvalue weighted by Gasteiger charge is 2.29. The number of methoxy groups -OCH3 is 1. The Morgan fingerprint density at radius 1 is 1.28 bits per heavy atom. The first-order chi connectivity index (χ1) is 11.7. The summed E-state index contributed by atoms with van der Waals surface area (Å²) in [5.41, 5.74) is 1.57. The van der Waals surface area contributed by atoms with Gasteiger partial charge in [0, 0.05) is 31.1 Å². The molecule has 1 aromatic rings. The fourth-order valence-corrected chi connectivity index (χ4v) is 4.75. The molecule has 1 aromatic carbocycles. The van der Waals surface area contributed by atoms with Crippen LogP contribution in [0, 0.1) is 19.8 Å². The van der Waals surface area contributed by atoms with Crippen LogP contribution in [0.5, 0.6) is 5.75 Å². The summed E-state index contributed by atoms with van der Waals surface area (Å²) in [6, 6.07) is 3.10. The number of carbonyl (C=O) groups excluding carboxylic acids is 1. The van der Waals surface area contributed by atoms with E-state index in [0.29, 0.717) is 24.4 Å². The van der Waals surface area contributed by atoms with E-state index in [1.165, 1.54) is 7.11 Å². The van der Waals surface area contributed by atoms with Gasteiger partial charge in [-0.15, -0.1) is 0 Å². The number of likely N-dealkylation sites (tertiary alicyclic amines) is 1. The monoisotopic (exact) mass is 368 g/mol. The first kappa shape index (κ1) is 19.7. The van der Waals surface area contributed by atoms with Crippen LogP contribution in [0.25, 0.3) is 0 Å². The van der Waals surface area contributed by atoms with Crippen molar-refractivity contribution in [2.75, 3.05) is 20.2 Å². The van der Waals surface area contributed by atoms with Gasteiger partial charge in [0.05, 0.1) is 12.0 Å². The van der Waals surface area contributed by atoms with Gasteiger partial charge >= 0.3 is 0 Å². The van der Waals surface area contributed by atoms with Crippen molar-refractivity contribution >= 4 is 15.9 Å². The molecule has 0 radical (unpaired) electrons. The Labute approximate surface area is 150 Å². The van der Waals surface area contributed by atoms with E-state index < -0.39 is 10.0 Å². The minimum absolute atomic E-state index is 0.0667. The fraction of sp³-hybridized carbons (Fsp3) is 0.611. The normalized spacial score (nSPS) is 18.5. The first-order valence-corrected chi connectivity index (χ1v) is 10.1. The molecule has 1 atom stereocenters. The van der Waals surface area contributed by atoms with Gasteiger partial charge in [0.15, 0.2) is 0 Å². The summed E-state index contributed by atoms with van der Waals surface area (Å²) in [6.45, 7) is 8.48. The van der Waals surface area contributed by atoms with E-state index >= 15 is 0 Å². The Balaban J connectivity index is 2.20. The van der Waals surface area contributed by atoms with E-state index in [0.717, 1.165) is 18.4 Å². The smallest absolute Gasteiger partial charge is 0.241 e. The molecule has 25 heavy (non-hydrogen) atoms. The summed E-state index contributed by atoms with van der Waals surface area (Å²) in [4.78, 5) is 14.2. The molecular weight excluding hydrogens is 340 g/mol. The minimum Gasteiger partial charge on any atom is -0.496 e. The Kier molecular flexibility index (Phi) is 6.11. The number of nitrogens with one attached hydrogen (secondary N) is 1. The number of piperidine rings is 1. The summed E-state index contributed by atoms with van der Waals surface area (Å²) in [6.07, 6.45) is 1.52. The van der Waals surface area contributed by atoms with Gasteiger partial charge in [-0.1, -0.05) is 19.9 Å². The first-order valence-electron chi connectivity index (χ1n) is 8.62. The number of hydrogen-bond donors (Lipinski definition) is 1. The third-order valence-electron chi connectivity index (χ3n) is 4.53. The molecular formula is C18H28N2O4S. The molecule has 1 aliphatic rings. The van der Waals surface area contributed by atoms with Crippen LogP contribution in [0.3, 0.4) is 0 Å². The Morgan fingerprint density at radius 3 is 2.56 bits per heavy atom. The van der Waals surface area contributed by atoms with E-state index in [4.69, 9.17) is 4.74 Å². The third kappa shape index (κ3) is 4.52. The summed E-state index contributed by atoms with van der Waals surface area (Å²) in [5, 5.41) is 0. The molecule has 6 nitrogen and oxygen atoms in total. The van der Waals surface area contributed by atoms with E-state index in [1.807, 2.05) is 26.8 Å². The lowest BCUT2D eigenvalue weighted by Crippen LogP contribution is -2.50. The van der Waals surface area contributed by atoms with Crippen molar-refractivity contribution in [3.8, 4) is 5.75 Å². The lowest BCUT2D eigenvalue weighted by molar-refractivity contribution is -0.135. The predicted molar refractivity (Wildman–Crippen MR) is 97.2 cm³/mol. The summed E-state index contributed by atoms with van der Waals surface area (Å²) < 4.78 is 33.7. The minimum atomic E-state index is -3.68. The second kappa shape index (κ2) is 7.74. The number of benzene rings is 1. The van der Waals surface area contributed by atoms with Crippen molar-refractivity contribution in [3.63, 3.8) is 0 Å². The third-order valence-corrected chi connectivity index (χ3v) is 6.19. The summed E-state index contributed by atoms with van der Waals surface area (Å²) >= 11 is 0. The average molecular weight is 368 g/mol. The Hall–Kier alpha value is -1.60. The molecule has 0 aliphatic carbocycles. The Bertz CT molecular complexity index is 744. The largest absolute Gasteiger partial charge is 0.496 e. The predicted octanol–water partition coefficient (Wildman–Crippen LogP) is 2.24. The lowest BCUT2D eigenvalue weighted by Gasteiger charge is -2.34. The molecule has 140 valence electrons. The quantitative estimate of drug-likeness (QED) is 0.865. The highest BCUT2D eigenvalue weighted by atomic mass is 32.2. The molecule has 2 rings (SSSR count). The standard InChI is InChI=1S/C18H28N2O4S/c1-12(2)18(21)20-8-6-7-15(11-20)19-25(22,23)17-10-16(24-5)13(3)9-14(17)4/h9-10,12,15,19H,6-8,11H2,1-5H3. The van der Waals surface area contributed by atoms with Gasteiger partial charge in [0.2, 0.25) is 15.9 Å². The van der Waals surface area contributed by atoms with Crippen LogP contribution in [0.2, 0.25) is 0 Å². The molecule has 1 N–H and O–H groups in total. The number of nitrogens with zero attached hydrogens (tertiary/aromatic N) is 1. The summed E-state index contributed by atoms with van der Waals surface area (Å²) in [5.74, 6) is 0.530. The van der Waals surface area contributed by atoms with Crippen molar-refractivity contribution in [1.82, 2.24) is 9.62 Å². The topological polar surface area (TPSA) is 75.7 Å². The average Bonchev–Trinajstić information content (AvgIpc) is 2.53. The van der Waals surface area contributed by atoms with Gasteiger partial charge < -0.3 is 9.64 Å². The van der Waals surface area contributed by atoms with Crippen LogP contribution in [0.1, 0.15) is 37.8 Å². The molecule has 0 spiro atoms. The van der Waals surface area contributed by atoms with Gasteiger partial charge in [-0.25, -0.2) is 13.1 Å². The number of aryl methyl sites for hydroxylation is 2. The molecule has 0 bridgehead atoms. The second-order valence-electron chi connectivity index (χ2n) is 6.99. The van der Waals surface area contributed by atoms with Crippen molar-refractivity contribution in [2.45, 2.75) is 51.5 Å². The molecule has 7 heteroatoms. The zero-order valence-electron chi connectivity index (χ0n) is 15.6. The zero-order valence-corrected chi connectivity index (χ0v) is 16.4. The van der Waals surface area contributed by atoms with Gasteiger partial charge in [-0.05, 0) is 37.8 Å². The number of amides is 1. The maximum Gasteiger partial charge on any atom is 0.241 e. The molecule has 1 saturated heterocycles. The van der Waals surface area contributed by atoms with E-state index in [2.05, 4.69) is 4.72 Å². The van der Waals surface area contributed by atoms with Crippen LogP contribution >= 0.6 is 0 Å². The molecule has 1 amide bonds. The maximum absolute atomic E-state index is 12.8. The molecule has 0 aromatic heterocycles. The van der Waals surface area contributed by atoms with Crippen LogP contribution in [0.15, 0.2) is 17.0 Å². The SMILES string of the molecule is COc1cc(S(=O)(=O)NC2CCCN(C(=O)C(C)C)C2)c(C)cc1C. The summed E-state index contributed by atoms with van der Waals surface area (Å²) in [7, 11) is -2.15. The van der Waals surface area contributed by atoms with Crippen LogP contribution < -0.4 is 9.46 Å². The number of hydrogen-bond acceptors (Lipinski definition) is 4. The van der Waals surface area contributed by atoms with Crippen molar-refractivity contribution in [3.05, 3.63) is 23.3 Å². The number of ether oxygens (including phenoxy) is 1. The van der Waals surface area contributed by atoms with Crippen LogP contribution in [-0.2, 0) is 14.8 Å². The lowest BCUT2D eigenvalue weighted by atomic mass is 10.0. The second-order valence-corrected chi connectivity index (χ2v) is 8.67. The van der Waals surface area contributed by atoms with Gasteiger partial charge in [0.1, 0.15) is 5.75 Å². The molecule has 1 aliphatic heterocycles. The molecule has 0 saturated carbocycles. The zero-order chi connectivity index (χ0) is 18.8. The highest BCUT2D eigenvalue weighted by molar-refractivity contribution is 7.89. The van der Waals surface area contributed by atoms with Crippen LogP contribution in [0.4, 0.5) is 0 Å². The van der Waals surface area contributed by atoms with Gasteiger partial charge in [-0.3, -0.25) is 4.79 Å². The Morgan fingerprint density at radius 2 is 1.96 bits per heavy atom. The number of sulfonamides is 1. The molecule has 1 unspecified atom stereocenters. The number of rotatable bonds is 5. The van der Waals surface area contributed by atoms with E-state index in [-0.39, 0.29) is 22.8 Å². The maximum atomic E-state index is 12.8. The van der Waals surface area contributed by atoms with E-state index in [9.17, 15) is 13.2 Å². The van der Waals surface area contributed by atoms with Crippen LogP contribution in [-0.4, -0.2) is 45.5 Å². The molecule has 1 heterocycles. The highest BCUT2D eigenvalue weighted by Crippen LogP contribution is 2.26. The van der Waals surface area contributed by atoms with Gasteiger partial charge in [0.25, 0.3) is 0 Å². The molecule has 1 fully saturated rings.